The van der Waals surface area contributed by atoms with Crippen LogP contribution >= 0.6 is 0 Å². The number of nitriles is 2. The SMILES string of the molecule is [C-]#[N+]c1c(C#N)c(/C=C\c2ccc(N(c3ccccc3)c3ccc(N(C)C)cc3)cc2)c(C#N)c([N+]#[C-])c1/C=C\c1ccc(N(c2ccccc2)c2ccc(C)cc2)cc1. The number of anilines is 7. The normalized spacial score (nSPS) is 10.7. The Morgan fingerprint density at radius 3 is 1.13 bits per heavy atom. The fourth-order valence-corrected chi connectivity index (χ4v) is 7.02. The number of nitrogens with zero attached hydrogens (tertiary/aromatic N) is 7. The van der Waals surface area contributed by atoms with E-state index in [1.165, 1.54) is 5.56 Å². The largest absolute Gasteiger partial charge is 0.378 e. The molecule has 0 radical (unpaired) electrons. The van der Waals surface area contributed by atoms with E-state index in [0.29, 0.717) is 0 Å². The molecule has 0 aliphatic carbocycles. The van der Waals surface area contributed by atoms with Crippen molar-refractivity contribution in [2.24, 2.45) is 0 Å². The Morgan fingerprint density at radius 2 is 0.767 bits per heavy atom. The lowest BCUT2D eigenvalue weighted by atomic mass is 9.92. The molecule has 7 aromatic carbocycles. The highest BCUT2D eigenvalue weighted by Crippen LogP contribution is 2.42. The summed E-state index contributed by atoms with van der Waals surface area (Å²) in [5, 5.41) is 20.8. The standard InChI is InChI=1S/C53H39N7/c1-38-16-24-44(25-17-38)59(42-12-8-6-9-13-42)45-28-20-40(21-29-45)23-35-49-52(56-2)50(36-54)48(51(37-55)53(49)57-3)34-22-39-18-26-46(27-19-39)60(43-14-10-7-11-15-43)47-32-30-41(31-33-47)58(4)5/h6-35H,1,4-5H3/b34-22-,35-23-. The van der Waals surface area contributed by atoms with E-state index in [1.54, 1.807) is 24.3 Å². The number of rotatable bonds is 11. The van der Waals surface area contributed by atoms with Gasteiger partial charge in [0.2, 0.25) is 11.4 Å². The molecule has 60 heavy (non-hydrogen) atoms. The van der Waals surface area contributed by atoms with Crippen LogP contribution in [0.1, 0.15) is 38.9 Å². The van der Waals surface area contributed by atoms with E-state index in [0.717, 1.165) is 50.9 Å². The Labute approximate surface area is 352 Å². The molecule has 0 aliphatic heterocycles. The van der Waals surface area contributed by atoms with Gasteiger partial charge >= 0.3 is 0 Å². The zero-order chi connectivity index (χ0) is 42.0. The third-order valence-electron chi connectivity index (χ3n) is 10.1. The molecule has 0 atom stereocenters. The third kappa shape index (κ3) is 8.39. The topological polar surface area (TPSA) is 66.0 Å². The van der Waals surface area contributed by atoms with Crippen LogP contribution in [0.15, 0.2) is 158 Å². The van der Waals surface area contributed by atoms with Crippen molar-refractivity contribution in [1.82, 2.24) is 0 Å². The van der Waals surface area contributed by atoms with Crippen LogP contribution in [-0.2, 0) is 0 Å². The summed E-state index contributed by atoms with van der Waals surface area (Å²) in [5.74, 6) is 0. The van der Waals surface area contributed by atoms with Gasteiger partial charge in [-0.2, -0.15) is 10.5 Å². The van der Waals surface area contributed by atoms with Gasteiger partial charge in [0, 0.05) is 53.9 Å². The van der Waals surface area contributed by atoms with E-state index in [9.17, 15) is 10.5 Å². The average Bonchev–Trinajstić information content (AvgIpc) is 3.29. The second kappa shape index (κ2) is 18.1. The number of aryl methyl sites for hydroxylation is 1. The first-order chi connectivity index (χ1) is 29.3. The van der Waals surface area contributed by atoms with E-state index in [-0.39, 0.29) is 33.6 Å². The number of para-hydroxylation sites is 2. The first kappa shape index (κ1) is 39.6. The van der Waals surface area contributed by atoms with Gasteiger partial charge in [0.05, 0.1) is 36.4 Å². The Bertz CT molecular complexity index is 2800. The maximum Gasteiger partial charge on any atom is 0.202 e. The first-order valence-electron chi connectivity index (χ1n) is 19.2. The van der Waals surface area contributed by atoms with Gasteiger partial charge < -0.3 is 14.7 Å². The van der Waals surface area contributed by atoms with Crippen molar-refractivity contribution in [1.29, 1.82) is 10.5 Å². The van der Waals surface area contributed by atoms with Crippen LogP contribution < -0.4 is 14.7 Å². The summed E-state index contributed by atoms with van der Waals surface area (Å²) in [6.45, 7) is 18.3. The Morgan fingerprint density at radius 1 is 0.433 bits per heavy atom. The van der Waals surface area contributed by atoms with E-state index in [2.05, 4.69) is 116 Å². The lowest BCUT2D eigenvalue weighted by Gasteiger charge is -2.26. The third-order valence-corrected chi connectivity index (χ3v) is 10.1. The summed E-state index contributed by atoms with van der Waals surface area (Å²) in [5.41, 5.74) is 10.5. The maximum atomic E-state index is 10.4. The summed E-state index contributed by atoms with van der Waals surface area (Å²) in [6, 6.07) is 57.2. The molecule has 7 aromatic rings. The molecular formula is C53H39N7. The molecule has 0 unspecified atom stereocenters. The van der Waals surface area contributed by atoms with Crippen molar-refractivity contribution in [3.8, 4) is 12.1 Å². The molecule has 0 spiro atoms. The van der Waals surface area contributed by atoms with Crippen molar-refractivity contribution in [3.05, 3.63) is 220 Å². The minimum atomic E-state index is 0.0266. The van der Waals surface area contributed by atoms with Gasteiger partial charge in [-0.1, -0.05) is 103 Å². The van der Waals surface area contributed by atoms with Crippen molar-refractivity contribution in [2.45, 2.75) is 6.92 Å². The van der Waals surface area contributed by atoms with Crippen molar-refractivity contribution in [3.63, 3.8) is 0 Å². The van der Waals surface area contributed by atoms with E-state index < -0.39 is 0 Å². The summed E-state index contributed by atoms with van der Waals surface area (Å²) in [7, 11) is 4.03. The Balaban J connectivity index is 1.19. The van der Waals surface area contributed by atoms with Gasteiger partial charge in [0.1, 0.15) is 0 Å². The van der Waals surface area contributed by atoms with Crippen molar-refractivity contribution < 1.29 is 0 Å². The molecule has 0 saturated carbocycles. The average molecular weight is 774 g/mol. The molecule has 0 aliphatic rings. The van der Waals surface area contributed by atoms with Gasteiger partial charge in [-0.15, -0.1) is 0 Å². The van der Waals surface area contributed by atoms with Crippen LogP contribution in [0.25, 0.3) is 34.0 Å². The molecule has 0 saturated heterocycles. The maximum absolute atomic E-state index is 10.4. The Hall–Kier alpha value is -8.62. The summed E-state index contributed by atoms with van der Waals surface area (Å²) < 4.78 is 0. The number of hydrogen-bond acceptors (Lipinski definition) is 5. The number of benzene rings is 7. The van der Waals surface area contributed by atoms with Crippen LogP contribution in [0.4, 0.5) is 51.2 Å². The van der Waals surface area contributed by atoms with E-state index >= 15 is 0 Å². The highest BCUT2D eigenvalue weighted by molar-refractivity contribution is 5.96. The van der Waals surface area contributed by atoms with Crippen LogP contribution in [-0.4, -0.2) is 14.1 Å². The van der Waals surface area contributed by atoms with Gasteiger partial charge in [-0.05, 0) is 114 Å². The molecule has 0 amide bonds. The minimum absolute atomic E-state index is 0.0266. The molecule has 0 heterocycles. The fraction of sp³-hybridized carbons (Fsp3) is 0.0566. The fourth-order valence-electron chi connectivity index (χ4n) is 7.02. The summed E-state index contributed by atoms with van der Waals surface area (Å²) >= 11 is 0. The summed E-state index contributed by atoms with van der Waals surface area (Å²) in [6.07, 6.45) is 6.91. The lowest BCUT2D eigenvalue weighted by Crippen LogP contribution is -2.11. The highest BCUT2D eigenvalue weighted by atomic mass is 15.1. The predicted molar refractivity (Wildman–Crippen MR) is 248 cm³/mol. The molecule has 0 aromatic heterocycles. The van der Waals surface area contributed by atoms with Gasteiger partial charge in [0.15, 0.2) is 0 Å². The summed E-state index contributed by atoms with van der Waals surface area (Å²) in [4.78, 5) is 13.9. The van der Waals surface area contributed by atoms with Gasteiger partial charge in [-0.25, -0.2) is 9.69 Å². The van der Waals surface area contributed by atoms with Gasteiger partial charge in [0.25, 0.3) is 0 Å². The number of hydrogen-bond donors (Lipinski definition) is 0. The molecule has 0 bridgehead atoms. The quantitative estimate of drug-likeness (QED) is 0.0967. The zero-order valence-corrected chi connectivity index (χ0v) is 33.5. The van der Waals surface area contributed by atoms with E-state index in [4.69, 9.17) is 13.1 Å². The monoisotopic (exact) mass is 773 g/mol. The van der Waals surface area contributed by atoms with Gasteiger partial charge in [-0.3, -0.25) is 0 Å². The van der Waals surface area contributed by atoms with Crippen LogP contribution in [0.3, 0.4) is 0 Å². The zero-order valence-electron chi connectivity index (χ0n) is 33.5. The molecule has 7 rings (SSSR count). The van der Waals surface area contributed by atoms with Crippen molar-refractivity contribution in [2.75, 3.05) is 28.8 Å². The van der Waals surface area contributed by atoms with E-state index in [1.807, 2.05) is 99.0 Å². The Kier molecular flexibility index (Phi) is 11.9. The highest BCUT2D eigenvalue weighted by Gasteiger charge is 2.22. The lowest BCUT2D eigenvalue weighted by molar-refractivity contribution is 1.13. The molecule has 0 fully saturated rings. The second-order valence-electron chi connectivity index (χ2n) is 14.2. The molecule has 7 heteroatoms. The molecule has 286 valence electrons. The van der Waals surface area contributed by atoms with Crippen LogP contribution in [0.2, 0.25) is 0 Å². The molecule has 0 N–H and O–H groups in total. The molecule has 7 nitrogen and oxygen atoms in total. The predicted octanol–water partition coefficient (Wildman–Crippen LogP) is 14.2. The molecular weight excluding hydrogens is 735 g/mol. The smallest absolute Gasteiger partial charge is 0.202 e. The minimum Gasteiger partial charge on any atom is -0.378 e. The first-order valence-corrected chi connectivity index (χ1v) is 19.2. The van der Waals surface area contributed by atoms with Crippen LogP contribution in [0, 0.1) is 42.7 Å². The second-order valence-corrected chi connectivity index (χ2v) is 14.2. The van der Waals surface area contributed by atoms with Crippen LogP contribution in [0.5, 0.6) is 0 Å². The van der Waals surface area contributed by atoms with Crippen molar-refractivity contribution >= 4 is 75.5 Å².